The van der Waals surface area contributed by atoms with Crippen LogP contribution >= 0.6 is 0 Å². The summed E-state index contributed by atoms with van der Waals surface area (Å²) < 4.78 is 0. The van der Waals surface area contributed by atoms with Crippen molar-refractivity contribution >= 4 is 17.4 Å². The maximum atomic E-state index is 12.0. The Morgan fingerprint density at radius 3 is 2.58 bits per heavy atom. The Hall–Kier alpha value is -2.66. The Morgan fingerprint density at radius 2 is 1.88 bits per heavy atom. The number of amidine groups is 1. The van der Waals surface area contributed by atoms with E-state index in [4.69, 9.17) is 10.7 Å². The van der Waals surface area contributed by atoms with Crippen LogP contribution in [0.4, 0.5) is 5.69 Å². The van der Waals surface area contributed by atoms with Crippen molar-refractivity contribution in [3.8, 4) is 0 Å². The van der Waals surface area contributed by atoms with Gasteiger partial charge in [-0.2, -0.15) is 0 Å². The first-order chi connectivity index (χ1) is 11.8. The molecule has 0 radical (unpaired) electrons. The molecule has 0 unspecified atom stereocenters. The zero-order valence-corrected chi connectivity index (χ0v) is 13.6. The molecule has 3 rings (SSSR count). The van der Waals surface area contributed by atoms with Gasteiger partial charge in [0.05, 0.1) is 0 Å². The Bertz CT molecular complexity index is 710. The van der Waals surface area contributed by atoms with Gasteiger partial charge < -0.3 is 16.0 Å². The van der Waals surface area contributed by atoms with Gasteiger partial charge in [-0.3, -0.25) is 9.79 Å². The molecule has 24 heavy (non-hydrogen) atoms. The average molecular weight is 322 g/mol. The number of nitrogens with zero attached hydrogens (tertiary/aromatic N) is 2. The maximum Gasteiger partial charge on any atom is 0.251 e. The molecule has 3 N–H and O–H groups in total. The van der Waals surface area contributed by atoms with E-state index in [2.05, 4.69) is 22.3 Å². The summed E-state index contributed by atoms with van der Waals surface area (Å²) in [5, 5.41) is 2.78. The molecule has 0 aromatic heterocycles. The summed E-state index contributed by atoms with van der Waals surface area (Å²) in [5.41, 5.74) is 8.22. The van der Waals surface area contributed by atoms with Crippen LogP contribution in [0, 0.1) is 0 Å². The van der Waals surface area contributed by atoms with E-state index in [0.717, 1.165) is 36.6 Å². The molecule has 5 nitrogen and oxygen atoms in total. The summed E-state index contributed by atoms with van der Waals surface area (Å²) in [6.07, 6.45) is 1.02. The number of nitrogens with one attached hydrogen (secondary N) is 1. The molecule has 0 spiro atoms. The lowest BCUT2D eigenvalue weighted by molar-refractivity contribution is 0.0955. The highest BCUT2D eigenvalue weighted by atomic mass is 16.1. The van der Waals surface area contributed by atoms with Crippen molar-refractivity contribution in [3.63, 3.8) is 0 Å². The minimum atomic E-state index is -0.0948. The molecule has 1 amide bonds. The van der Waals surface area contributed by atoms with Crippen LogP contribution in [0.15, 0.2) is 59.6 Å². The van der Waals surface area contributed by atoms with E-state index in [1.54, 1.807) is 0 Å². The third-order valence-corrected chi connectivity index (χ3v) is 3.96. The van der Waals surface area contributed by atoms with E-state index < -0.39 is 0 Å². The predicted octanol–water partition coefficient (Wildman–Crippen LogP) is 2.03. The van der Waals surface area contributed by atoms with Crippen LogP contribution in [-0.2, 0) is 0 Å². The third-order valence-electron chi connectivity index (χ3n) is 3.96. The van der Waals surface area contributed by atoms with Crippen LogP contribution < -0.4 is 16.0 Å². The summed E-state index contributed by atoms with van der Waals surface area (Å²) >= 11 is 0. The Balaban J connectivity index is 1.81. The largest absolute Gasteiger partial charge is 0.351 e. The number of anilines is 1. The molecule has 0 atom stereocenters. The van der Waals surface area contributed by atoms with E-state index in [-0.39, 0.29) is 5.91 Å². The fourth-order valence-electron chi connectivity index (χ4n) is 2.77. The lowest BCUT2D eigenvalue weighted by Crippen LogP contribution is -2.36. The predicted molar refractivity (Wildman–Crippen MR) is 97.6 cm³/mol. The summed E-state index contributed by atoms with van der Waals surface area (Å²) in [5.74, 6) is 0.893. The van der Waals surface area contributed by atoms with Gasteiger partial charge in [0, 0.05) is 43.0 Å². The van der Waals surface area contributed by atoms with Gasteiger partial charge in [-0.1, -0.05) is 30.3 Å². The van der Waals surface area contributed by atoms with Gasteiger partial charge in [0.2, 0.25) is 0 Å². The molecule has 0 aliphatic carbocycles. The van der Waals surface area contributed by atoms with Crippen LogP contribution in [0.5, 0.6) is 0 Å². The highest BCUT2D eigenvalue weighted by Crippen LogP contribution is 2.21. The molecule has 1 aliphatic rings. The second-order valence-electron chi connectivity index (χ2n) is 5.67. The van der Waals surface area contributed by atoms with Crippen molar-refractivity contribution in [1.82, 2.24) is 5.32 Å². The van der Waals surface area contributed by atoms with Gasteiger partial charge in [0.25, 0.3) is 5.91 Å². The van der Waals surface area contributed by atoms with Crippen molar-refractivity contribution in [2.45, 2.75) is 6.42 Å². The van der Waals surface area contributed by atoms with Gasteiger partial charge in [-0.25, -0.2) is 0 Å². The van der Waals surface area contributed by atoms with E-state index in [1.807, 2.05) is 42.5 Å². The molecule has 2 aromatic rings. The second kappa shape index (κ2) is 7.75. The number of hydrogen-bond donors (Lipinski definition) is 2. The zero-order valence-electron chi connectivity index (χ0n) is 13.6. The number of carbonyl (C=O) groups excluding carboxylic acids is 1. The number of amides is 1. The first-order valence-corrected chi connectivity index (χ1v) is 8.25. The molecule has 0 saturated carbocycles. The monoisotopic (exact) mass is 322 g/mol. The fourth-order valence-corrected chi connectivity index (χ4v) is 2.77. The minimum Gasteiger partial charge on any atom is -0.351 e. The summed E-state index contributed by atoms with van der Waals surface area (Å²) in [6.45, 7) is 2.69. The van der Waals surface area contributed by atoms with Crippen LogP contribution in [0.1, 0.15) is 22.3 Å². The number of nitrogens with two attached hydrogens (primary N) is 1. The molecule has 5 heteroatoms. The first kappa shape index (κ1) is 16.2. The number of rotatable bonds is 5. The highest BCUT2D eigenvalue weighted by Gasteiger charge is 2.18. The SMILES string of the molecule is NCCNC(=O)c1ccc(N2CCCN=C2c2ccccc2)cc1. The van der Waals surface area contributed by atoms with Gasteiger partial charge in [-0.05, 0) is 30.7 Å². The third kappa shape index (κ3) is 3.63. The van der Waals surface area contributed by atoms with Gasteiger partial charge in [0.1, 0.15) is 5.84 Å². The first-order valence-electron chi connectivity index (χ1n) is 8.25. The highest BCUT2D eigenvalue weighted by molar-refractivity contribution is 6.10. The van der Waals surface area contributed by atoms with Crippen molar-refractivity contribution < 1.29 is 4.79 Å². The number of hydrogen-bond acceptors (Lipinski definition) is 4. The molecule has 124 valence electrons. The lowest BCUT2D eigenvalue weighted by atomic mass is 10.1. The van der Waals surface area contributed by atoms with E-state index in [0.29, 0.717) is 18.7 Å². The topological polar surface area (TPSA) is 70.7 Å². The maximum absolute atomic E-state index is 12.0. The van der Waals surface area contributed by atoms with E-state index in [1.165, 1.54) is 0 Å². The zero-order chi connectivity index (χ0) is 16.8. The van der Waals surface area contributed by atoms with Crippen molar-refractivity contribution in [1.29, 1.82) is 0 Å². The molecule has 0 fully saturated rings. The van der Waals surface area contributed by atoms with E-state index >= 15 is 0 Å². The fraction of sp³-hybridized carbons (Fsp3) is 0.263. The Morgan fingerprint density at radius 1 is 1.12 bits per heavy atom. The van der Waals surface area contributed by atoms with Crippen molar-refractivity contribution in [2.24, 2.45) is 10.7 Å². The quantitative estimate of drug-likeness (QED) is 0.885. The van der Waals surface area contributed by atoms with Crippen molar-refractivity contribution in [2.75, 3.05) is 31.1 Å². The van der Waals surface area contributed by atoms with E-state index in [9.17, 15) is 4.79 Å². The number of benzene rings is 2. The van der Waals surface area contributed by atoms with Crippen LogP contribution in [0.3, 0.4) is 0 Å². The molecule has 0 saturated heterocycles. The lowest BCUT2D eigenvalue weighted by Gasteiger charge is -2.29. The Kier molecular flexibility index (Phi) is 5.23. The van der Waals surface area contributed by atoms with Crippen LogP contribution in [-0.4, -0.2) is 37.9 Å². The molecule has 1 heterocycles. The van der Waals surface area contributed by atoms with Gasteiger partial charge in [-0.15, -0.1) is 0 Å². The molecule has 1 aliphatic heterocycles. The second-order valence-corrected chi connectivity index (χ2v) is 5.67. The molecule has 0 bridgehead atoms. The summed E-state index contributed by atoms with van der Waals surface area (Å²) in [7, 11) is 0. The minimum absolute atomic E-state index is 0.0948. The number of aliphatic imine (C=N–C) groups is 1. The average Bonchev–Trinajstić information content (AvgIpc) is 2.67. The van der Waals surface area contributed by atoms with Gasteiger partial charge >= 0.3 is 0 Å². The molecule has 2 aromatic carbocycles. The Labute approximate surface area is 142 Å². The standard InChI is InChI=1S/C19H22N4O/c20-11-13-22-19(24)16-7-9-17(10-8-16)23-14-4-12-21-18(23)15-5-2-1-3-6-15/h1-3,5-10H,4,11-14,20H2,(H,22,24). The molecular formula is C19H22N4O. The summed E-state index contributed by atoms with van der Waals surface area (Å²) in [4.78, 5) is 18.9. The molecular weight excluding hydrogens is 300 g/mol. The normalized spacial score (nSPS) is 14.2. The van der Waals surface area contributed by atoms with Crippen LogP contribution in [0.2, 0.25) is 0 Å². The van der Waals surface area contributed by atoms with Gasteiger partial charge in [0.15, 0.2) is 0 Å². The summed E-state index contributed by atoms with van der Waals surface area (Å²) in [6, 6.07) is 17.8. The van der Waals surface area contributed by atoms with Crippen molar-refractivity contribution in [3.05, 3.63) is 65.7 Å². The van der Waals surface area contributed by atoms with Crippen LogP contribution in [0.25, 0.3) is 0 Å². The smallest absolute Gasteiger partial charge is 0.251 e. The number of carbonyl (C=O) groups is 1.